The van der Waals surface area contributed by atoms with Gasteiger partial charge in [0, 0.05) is 18.1 Å². The second-order valence-electron chi connectivity index (χ2n) is 8.86. The van der Waals surface area contributed by atoms with E-state index in [1.807, 2.05) is 6.07 Å². The van der Waals surface area contributed by atoms with Crippen LogP contribution in [0.4, 0.5) is 5.69 Å². The number of likely N-dealkylation sites (N-methyl/N-ethyl adjacent to an activating group) is 1. The van der Waals surface area contributed by atoms with Crippen LogP contribution >= 0.6 is 11.6 Å². The molecule has 1 atom stereocenters. The van der Waals surface area contributed by atoms with Gasteiger partial charge in [-0.15, -0.1) is 0 Å². The van der Waals surface area contributed by atoms with E-state index in [0.29, 0.717) is 29.5 Å². The molecule has 3 rings (SSSR count). The van der Waals surface area contributed by atoms with Gasteiger partial charge in [0.25, 0.3) is 10.0 Å². The number of carbonyl (C=O) groups excluding carboxylic acids is 2. The van der Waals surface area contributed by atoms with E-state index in [9.17, 15) is 18.0 Å². The number of rotatable bonds is 13. The second-order valence-corrected chi connectivity index (χ2v) is 11.2. The molecule has 0 aliphatic carbocycles. The summed E-state index contributed by atoms with van der Waals surface area (Å²) in [6.07, 6.45) is 0.323. The lowest BCUT2D eigenvalue weighted by atomic mass is 10.1. The van der Waals surface area contributed by atoms with Gasteiger partial charge in [0.1, 0.15) is 24.1 Å². The minimum atomic E-state index is -4.22. The van der Waals surface area contributed by atoms with Gasteiger partial charge in [0.15, 0.2) is 0 Å². The molecule has 0 aromatic heterocycles. The van der Waals surface area contributed by atoms with E-state index >= 15 is 0 Å². The third-order valence-corrected chi connectivity index (χ3v) is 8.27. The minimum Gasteiger partial charge on any atom is -0.497 e. The lowest BCUT2D eigenvalue weighted by molar-refractivity contribution is -0.140. The van der Waals surface area contributed by atoms with Crippen molar-refractivity contribution in [3.63, 3.8) is 0 Å². The van der Waals surface area contributed by atoms with Gasteiger partial charge < -0.3 is 19.7 Å². The molecule has 11 heteroatoms. The van der Waals surface area contributed by atoms with Gasteiger partial charge in [0.2, 0.25) is 11.8 Å². The molecule has 0 aliphatic heterocycles. The van der Waals surface area contributed by atoms with Crippen LogP contribution in [0.1, 0.15) is 25.8 Å². The van der Waals surface area contributed by atoms with Crippen molar-refractivity contribution in [2.24, 2.45) is 0 Å². The van der Waals surface area contributed by atoms with Crippen molar-refractivity contribution in [2.75, 3.05) is 31.6 Å². The van der Waals surface area contributed by atoms with Crippen LogP contribution in [0.2, 0.25) is 5.02 Å². The summed E-state index contributed by atoms with van der Waals surface area (Å²) in [6, 6.07) is 18.5. The molecule has 0 saturated carbocycles. The first-order valence-electron chi connectivity index (χ1n) is 12.8. The highest BCUT2D eigenvalue weighted by Crippen LogP contribution is 2.28. The van der Waals surface area contributed by atoms with E-state index in [1.54, 1.807) is 57.4 Å². The number of amides is 2. The highest BCUT2D eigenvalue weighted by Gasteiger charge is 2.33. The molecule has 0 unspecified atom stereocenters. The van der Waals surface area contributed by atoms with Crippen LogP contribution in [0.3, 0.4) is 0 Å². The van der Waals surface area contributed by atoms with Crippen LogP contribution in [0.5, 0.6) is 11.5 Å². The van der Waals surface area contributed by atoms with Crippen molar-refractivity contribution in [3.05, 3.63) is 83.4 Å². The Morgan fingerprint density at radius 3 is 2.20 bits per heavy atom. The summed E-state index contributed by atoms with van der Waals surface area (Å²) >= 11 is 6.21. The molecule has 9 nitrogen and oxygen atoms in total. The first-order valence-corrected chi connectivity index (χ1v) is 14.6. The molecule has 1 N–H and O–H groups in total. The fourth-order valence-electron chi connectivity index (χ4n) is 4.21. The molecule has 3 aromatic carbocycles. The maximum absolute atomic E-state index is 14.0. The SMILES string of the molecule is CCNC(=O)[C@H](CC)N(Cc1cccc(OC)c1)C(=O)CN(c1cccc(Cl)c1)S(=O)(=O)c1ccc(OC)cc1. The molecule has 0 heterocycles. The number of nitrogens with zero attached hydrogens (tertiary/aromatic N) is 2. The van der Waals surface area contributed by atoms with Gasteiger partial charge in [-0.05, 0) is 73.5 Å². The molecular weight excluding hydrogens is 554 g/mol. The van der Waals surface area contributed by atoms with Crippen LogP contribution < -0.4 is 19.1 Å². The van der Waals surface area contributed by atoms with E-state index in [4.69, 9.17) is 21.1 Å². The Hall–Kier alpha value is -3.76. The van der Waals surface area contributed by atoms with Gasteiger partial charge in [-0.1, -0.05) is 36.7 Å². The summed E-state index contributed by atoms with van der Waals surface area (Å²) in [4.78, 5) is 28.4. The lowest BCUT2D eigenvalue weighted by Crippen LogP contribution is -2.52. The number of methoxy groups -OCH3 is 2. The number of hydrogen-bond donors (Lipinski definition) is 1. The van der Waals surface area contributed by atoms with E-state index in [0.717, 1.165) is 9.87 Å². The average Bonchev–Trinajstić information content (AvgIpc) is 2.95. The number of anilines is 1. The van der Waals surface area contributed by atoms with Crippen LogP contribution in [0.15, 0.2) is 77.7 Å². The first-order chi connectivity index (χ1) is 19.1. The summed E-state index contributed by atoms with van der Waals surface area (Å²) in [7, 11) is -1.20. The maximum atomic E-state index is 14.0. The molecule has 0 spiro atoms. The Labute approximate surface area is 240 Å². The molecule has 0 radical (unpaired) electrons. The van der Waals surface area contributed by atoms with Crippen LogP contribution in [0, 0.1) is 0 Å². The van der Waals surface area contributed by atoms with Crippen LogP contribution in [0.25, 0.3) is 0 Å². The molecule has 40 heavy (non-hydrogen) atoms. The zero-order chi connectivity index (χ0) is 29.3. The largest absolute Gasteiger partial charge is 0.497 e. The molecule has 2 amide bonds. The molecule has 0 fully saturated rings. The number of ether oxygens (including phenoxy) is 2. The fourth-order valence-corrected chi connectivity index (χ4v) is 5.80. The van der Waals surface area contributed by atoms with Crippen molar-refractivity contribution in [1.29, 1.82) is 0 Å². The molecule has 214 valence electrons. The number of nitrogens with one attached hydrogen (secondary N) is 1. The average molecular weight is 588 g/mol. The van der Waals surface area contributed by atoms with Gasteiger partial charge in [-0.3, -0.25) is 13.9 Å². The third kappa shape index (κ3) is 7.45. The highest BCUT2D eigenvalue weighted by atomic mass is 35.5. The minimum absolute atomic E-state index is 0.0313. The topological polar surface area (TPSA) is 105 Å². The van der Waals surface area contributed by atoms with Crippen LogP contribution in [-0.4, -0.2) is 58.5 Å². The zero-order valence-electron chi connectivity index (χ0n) is 23.0. The van der Waals surface area contributed by atoms with Crippen molar-refractivity contribution in [2.45, 2.75) is 37.8 Å². The Kier molecular flexibility index (Phi) is 10.8. The Bertz CT molecular complexity index is 1420. The Morgan fingerprint density at radius 2 is 1.60 bits per heavy atom. The zero-order valence-corrected chi connectivity index (χ0v) is 24.5. The van der Waals surface area contributed by atoms with Crippen molar-refractivity contribution < 1.29 is 27.5 Å². The first kappa shape index (κ1) is 30.8. The maximum Gasteiger partial charge on any atom is 0.264 e. The van der Waals surface area contributed by atoms with E-state index in [1.165, 1.54) is 42.3 Å². The number of carbonyl (C=O) groups is 2. The number of hydrogen-bond acceptors (Lipinski definition) is 6. The standard InChI is InChI=1S/C29H34ClN3O6S/c1-5-27(29(35)31-6-2)32(19-21-9-7-12-25(17-21)39-4)28(34)20-33(23-11-8-10-22(30)18-23)40(36,37)26-15-13-24(38-3)14-16-26/h7-18,27H,5-6,19-20H2,1-4H3,(H,31,35)/t27-/m0/s1. The highest BCUT2D eigenvalue weighted by molar-refractivity contribution is 7.92. The summed E-state index contributed by atoms with van der Waals surface area (Å²) in [5.74, 6) is 0.201. The second kappa shape index (κ2) is 14.0. The van der Waals surface area contributed by atoms with E-state index in [2.05, 4.69) is 5.32 Å². The summed E-state index contributed by atoms with van der Waals surface area (Å²) in [6.45, 7) is 3.49. The third-order valence-electron chi connectivity index (χ3n) is 6.25. The fraction of sp³-hybridized carbons (Fsp3) is 0.310. The van der Waals surface area contributed by atoms with Crippen molar-refractivity contribution in [3.8, 4) is 11.5 Å². The Balaban J connectivity index is 2.07. The summed E-state index contributed by atoms with van der Waals surface area (Å²) in [5.41, 5.74) is 0.937. The monoisotopic (exact) mass is 587 g/mol. The lowest BCUT2D eigenvalue weighted by Gasteiger charge is -2.33. The van der Waals surface area contributed by atoms with Crippen LogP contribution in [-0.2, 0) is 26.2 Å². The normalized spacial score (nSPS) is 11.8. The molecule has 0 bridgehead atoms. The summed E-state index contributed by atoms with van der Waals surface area (Å²) in [5, 5.41) is 3.09. The van der Waals surface area contributed by atoms with Gasteiger partial charge in [-0.2, -0.15) is 0 Å². The van der Waals surface area contributed by atoms with E-state index in [-0.39, 0.29) is 23.0 Å². The molecule has 3 aromatic rings. The predicted molar refractivity (Wildman–Crippen MR) is 155 cm³/mol. The molecule has 0 aliphatic rings. The smallest absolute Gasteiger partial charge is 0.264 e. The van der Waals surface area contributed by atoms with Crippen molar-refractivity contribution in [1.82, 2.24) is 10.2 Å². The number of halogens is 1. The molecular formula is C29H34ClN3O6S. The predicted octanol–water partition coefficient (Wildman–Crippen LogP) is 4.50. The van der Waals surface area contributed by atoms with Crippen molar-refractivity contribution >= 4 is 39.1 Å². The van der Waals surface area contributed by atoms with Gasteiger partial charge in [-0.25, -0.2) is 8.42 Å². The number of benzene rings is 3. The van der Waals surface area contributed by atoms with Gasteiger partial charge in [0.05, 0.1) is 24.8 Å². The number of sulfonamides is 1. The van der Waals surface area contributed by atoms with E-state index < -0.39 is 28.5 Å². The summed E-state index contributed by atoms with van der Waals surface area (Å²) < 4.78 is 39.3. The quantitative estimate of drug-likeness (QED) is 0.316. The Morgan fingerprint density at radius 1 is 0.925 bits per heavy atom. The van der Waals surface area contributed by atoms with Gasteiger partial charge >= 0.3 is 0 Å². The molecule has 0 saturated heterocycles.